The number of nitrogens with one attached hydrogen (secondary N) is 1. The van der Waals surface area contributed by atoms with Gasteiger partial charge in [-0.2, -0.15) is 0 Å². The molecule has 0 spiro atoms. The highest BCUT2D eigenvalue weighted by molar-refractivity contribution is 5.62. The number of piperidine rings is 1. The topological polar surface area (TPSA) is 62.2 Å². The van der Waals surface area contributed by atoms with Gasteiger partial charge < -0.3 is 10.4 Å². The van der Waals surface area contributed by atoms with Crippen LogP contribution in [0.15, 0.2) is 85.2 Å². The summed E-state index contributed by atoms with van der Waals surface area (Å²) in [5.74, 6) is 0.0242. The van der Waals surface area contributed by atoms with E-state index >= 15 is 0 Å². The molecule has 0 aliphatic carbocycles. The van der Waals surface area contributed by atoms with Gasteiger partial charge in [0.1, 0.15) is 0 Å². The summed E-state index contributed by atoms with van der Waals surface area (Å²) in [6, 6.07) is 25.3. The smallest absolute Gasteiger partial charge is 0.300 e. The first-order valence-electron chi connectivity index (χ1n) is 10.5. The van der Waals surface area contributed by atoms with E-state index in [2.05, 4.69) is 71.0 Å². The zero-order valence-corrected chi connectivity index (χ0v) is 17.7. The van der Waals surface area contributed by atoms with Gasteiger partial charge >= 0.3 is 0 Å². The highest BCUT2D eigenvalue weighted by atomic mass is 16.4. The van der Waals surface area contributed by atoms with Crippen molar-refractivity contribution in [1.29, 1.82) is 0 Å². The van der Waals surface area contributed by atoms with Crippen molar-refractivity contribution in [1.82, 2.24) is 10.3 Å². The molecule has 1 fully saturated rings. The lowest BCUT2D eigenvalue weighted by molar-refractivity contribution is -0.134. The molecule has 3 aromatic rings. The molecule has 4 heteroatoms. The monoisotopic (exact) mass is 404 g/mol. The zero-order valence-electron chi connectivity index (χ0n) is 17.7. The van der Waals surface area contributed by atoms with Crippen LogP contribution >= 0.6 is 0 Å². The number of benzene rings is 2. The van der Waals surface area contributed by atoms with Crippen molar-refractivity contribution >= 4 is 5.97 Å². The number of nitrogens with zero attached hydrogens (tertiary/aromatic N) is 1. The molecule has 1 atom stereocenters. The Balaban J connectivity index is 0.000000182. The molecule has 0 radical (unpaired) electrons. The van der Waals surface area contributed by atoms with Gasteiger partial charge in [-0.25, -0.2) is 0 Å². The largest absolute Gasteiger partial charge is 0.481 e. The molecule has 4 rings (SSSR count). The Bertz CT molecular complexity index is 776. The summed E-state index contributed by atoms with van der Waals surface area (Å²) < 4.78 is 0. The third-order valence-electron chi connectivity index (χ3n) is 4.74. The molecule has 2 heterocycles. The van der Waals surface area contributed by atoms with Crippen molar-refractivity contribution in [3.8, 4) is 0 Å². The maximum Gasteiger partial charge on any atom is 0.300 e. The van der Waals surface area contributed by atoms with Gasteiger partial charge in [0, 0.05) is 19.3 Å². The van der Waals surface area contributed by atoms with Gasteiger partial charge in [0.25, 0.3) is 5.97 Å². The Morgan fingerprint density at radius 3 is 2.10 bits per heavy atom. The van der Waals surface area contributed by atoms with Crippen LogP contribution in [0.2, 0.25) is 0 Å². The quantitative estimate of drug-likeness (QED) is 0.643. The van der Waals surface area contributed by atoms with Crippen molar-refractivity contribution in [3.05, 3.63) is 102 Å². The van der Waals surface area contributed by atoms with E-state index in [0.717, 1.165) is 19.3 Å². The van der Waals surface area contributed by atoms with E-state index in [0.29, 0.717) is 0 Å². The molecule has 4 nitrogen and oxygen atoms in total. The molecule has 1 saturated heterocycles. The second-order valence-electron chi connectivity index (χ2n) is 7.44. The third kappa shape index (κ3) is 10.5. The molecule has 0 bridgehead atoms. The Kier molecular flexibility index (Phi) is 10.9. The van der Waals surface area contributed by atoms with Crippen LogP contribution < -0.4 is 5.32 Å². The first kappa shape index (κ1) is 23.3. The number of carboxylic acids is 1. The van der Waals surface area contributed by atoms with E-state index in [4.69, 9.17) is 9.90 Å². The number of aromatic nitrogens is 1. The minimum atomic E-state index is -0.833. The predicted molar refractivity (Wildman–Crippen MR) is 123 cm³/mol. The summed E-state index contributed by atoms with van der Waals surface area (Å²) in [6.45, 7) is 3.50. The van der Waals surface area contributed by atoms with E-state index in [1.807, 2.05) is 18.3 Å². The zero-order chi connectivity index (χ0) is 21.4. The number of hydrogen-bond donors (Lipinski definition) is 2. The first-order chi connectivity index (χ1) is 14.6. The second kappa shape index (κ2) is 14.1. The van der Waals surface area contributed by atoms with Crippen LogP contribution in [0.3, 0.4) is 0 Å². The average Bonchev–Trinajstić information content (AvgIpc) is 2.77. The van der Waals surface area contributed by atoms with Gasteiger partial charge in [-0.1, -0.05) is 66.7 Å². The summed E-state index contributed by atoms with van der Waals surface area (Å²) >= 11 is 0. The molecule has 2 aromatic carbocycles. The summed E-state index contributed by atoms with van der Waals surface area (Å²) in [5, 5.41) is 10.9. The SMILES string of the molecule is CC(=O)O.c1ccc(CC2CCCNC2)cc1.c1ccc(Cc2cccnc2)cc1. The van der Waals surface area contributed by atoms with Crippen LogP contribution in [0, 0.1) is 5.92 Å². The number of pyridine rings is 1. The Morgan fingerprint density at radius 2 is 1.57 bits per heavy atom. The molecule has 1 aliphatic heterocycles. The minimum absolute atomic E-state index is 0.833. The highest BCUT2D eigenvalue weighted by Gasteiger charge is 2.12. The van der Waals surface area contributed by atoms with E-state index in [1.54, 1.807) is 6.20 Å². The normalized spacial score (nSPS) is 15.0. The Morgan fingerprint density at radius 1 is 0.967 bits per heavy atom. The van der Waals surface area contributed by atoms with Crippen LogP contribution in [0.1, 0.15) is 36.5 Å². The van der Waals surface area contributed by atoms with Crippen molar-refractivity contribution in [2.24, 2.45) is 5.92 Å². The maximum absolute atomic E-state index is 9.00. The van der Waals surface area contributed by atoms with Crippen LogP contribution in [0.4, 0.5) is 0 Å². The molecular formula is C26H32N2O2. The van der Waals surface area contributed by atoms with E-state index < -0.39 is 5.97 Å². The van der Waals surface area contributed by atoms with E-state index in [1.165, 1.54) is 49.0 Å². The molecule has 0 amide bonds. The number of hydrogen-bond acceptors (Lipinski definition) is 3. The van der Waals surface area contributed by atoms with Crippen molar-refractivity contribution in [2.45, 2.75) is 32.6 Å². The number of aliphatic carboxylic acids is 1. The molecule has 1 unspecified atom stereocenters. The van der Waals surface area contributed by atoms with Crippen LogP contribution in [0.5, 0.6) is 0 Å². The van der Waals surface area contributed by atoms with E-state index in [-0.39, 0.29) is 0 Å². The molecule has 0 saturated carbocycles. The number of carbonyl (C=O) groups is 1. The van der Waals surface area contributed by atoms with Gasteiger partial charge in [0.15, 0.2) is 0 Å². The molecular weight excluding hydrogens is 372 g/mol. The maximum atomic E-state index is 9.00. The van der Waals surface area contributed by atoms with Gasteiger partial charge in [-0.15, -0.1) is 0 Å². The molecule has 1 aliphatic rings. The molecule has 2 N–H and O–H groups in total. The fraction of sp³-hybridized carbons (Fsp3) is 0.308. The van der Waals surface area contributed by atoms with Crippen LogP contribution in [-0.2, 0) is 17.6 Å². The molecule has 1 aromatic heterocycles. The lowest BCUT2D eigenvalue weighted by Gasteiger charge is -2.22. The Labute approximate surface area is 180 Å². The second-order valence-corrected chi connectivity index (χ2v) is 7.44. The van der Waals surface area contributed by atoms with Gasteiger partial charge in [0.2, 0.25) is 0 Å². The Hall–Kier alpha value is -2.98. The van der Waals surface area contributed by atoms with E-state index in [9.17, 15) is 0 Å². The fourth-order valence-corrected chi connectivity index (χ4v) is 3.38. The average molecular weight is 405 g/mol. The summed E-state index contributed by atoms with van der Waals surface area (Å²) in [6.07, 6.45) is 8.66. The minimum Gasteiger partial charge on any atom is -0.481 e. The highest BCUT2D eigenvalue weighted by Crippen LogP contribution is 2.15. The lowest BCUT2D eigenvalue weighted by atomic mass is 9.92. The molecule has 158 valence electrons. The number of carboxylic acid groups (broad SMARTS) is 1. The van der Waals surface area contributed by atoms with Gasteiger partial charge in [-0.3, -0.25) is 9.78 Å². The molecule has 30 heavy (non-hydrogen) atoms. The van der Waals surface area contributed by atoms with Crippen molar-refractivity contribution in [2.75, 3.05) is 13.1 Å². The lowest BCUT2D eigenvalue weighted by Crippen LogP contribution is -2.30. The predicted octanol–water partition coefficient (Wildman–Crippen LogP) is 4.99. The summed E-state index contributed by atoms with van der Waals surface area (Å²) in [4.78, 5) is 13.1. The third-order valence-corrected chi connectivity index (χ3v) is 4.74. The first-order valence-corrected chi connectivity index (χ1v) is 10.5. The van der Waals surface area contributed by atoms with Gasteiger partial charge in [-0.05, 0) is 67.4 Å². The van der Waals surface area contributed by atoms with Crippen molar-refractivity contribution < 1.29 is 9.90 Å². The van der Waals surface area contributed by atoms with Gasteiger partial charge in [0.05, 0.1) is 0 Å². The summed E-state index contributed by atoms with van der Waals surface area (Å²) in [5.41, 5.74) is 4.07. The summed E-state index contributed by atoms with van der Waals surface area (Å²) in [7, 11) is 0. The van der Waals surface area contributed by atoms with Crippen LogP contribution in [-0.4, -0.2) is 29.1 Å². The number of rotatable bonds is 4. The fourth-order valence-electron chi connectivity index (χ4n) is 3.38. The van der Waals surface area contributed by atoms with Crippen molar-refractivity contribution in [3.63, 3.8) is 0 Å². The standard InChI is InChI=1S/C12H17N.C12H11N.C2H4O2/c2*1-2-5-11(6-3-1)9-12-7-4-8-13-10-12;1-2(3)4/h1-3,5-6,12-13H,4,7-10H2;1-8,10H,9H2;1H3,(H,3,4). The van der Waals surface area contributed by atoms with Crippen LogP contribution in [0.25, 0.3) is 0 Å².